The van der Waals surface area contributed by atoms with Crippen molar-refractivity contribution < 1.29 is 4.74 Å². The van der Waals surface area contributed by atoms with Crippen molar-refractivity contribution in [2.75, 3.05) is 19.0 Å². The third-order valence-corrected chi connectivity index (χ3v) is 2.64. The molecule has 1 fully saturated rings. The van der Waals surface area contributed by atoms with E-state index >= 15 is 0 Å². The van der Waals surface area contributed by atoms with E-state index in [9.17, 15) is 4.79 Å². The van der Waals surface area contributed by atoms with Gasteiger partial charge in [0.05, 0.1) is 19.0 Å². The van der Waals surface area contributed by atoms with Crippen LogP contribution >= 0.6 is 0 Å². The first kappa shape index (κ1) is 9.97. The molecule has 0 radical (unpaired) electrons. The fourth-order valence-electron chi connectivity index (χ4n) is 1.45. The zero-order valence-electron chi connectivity index (χ0n) is 8.54. The average Bonchev–Trinajstić information content (AvgIpc) is 2.99. The van der Waals surface area contributed by atoms with Crippen molar-refractivity contribution in [3.63, 3.8) is 0 Å². The van der Waals surface area contributed by atoms with Crippen LogP contribution in [0.4, 0.5) is 5.82 Å². The summed E-state index contributed by atoms with van der Waals surface area (Å²) in [7, 11) is 1.44. The highest BCUT2D eigenvalue weighted by Crippen LogP contribution is 2.38. The van der Waals surface area contributed by atoms with Gasteiger partial charge in [-0.2, -0.15) is 0 Å². The highest BCUT2D eigenvalue weighted by molar-refractivity contribution is 5.51. The van der Waals surface area contributed by atoms with Gasteiger partial charge in [0.1, 0.15) is 0 Å². The Balaban J connectivity index is 2.28. The fraction of sp³-hybridized carbons (Fsp3) is 0.556. The molecule has 82 valence electrons. The molecule has 1 aliphatic rings. The van der Waals surface area contributed by atoms with E-state index in [2.05, 4.69) is 15.3 Å². The van der Waals surface area contributed by atoms with E-state index in [1.54, 1.807) is 0 Å². The van der Waals surface area contributed by atoms with Crippen molar-refractivity contribution in [1.29, 1.82) is 0 Å². The second-order valence-corrected chi connectivity index (χ2v) is 3.72. The van der Waals surface area contributed by atoms with E-state index in [1.807, 2.05) is 0 Å². The zero-order valence-corrected chi connectivity index (χ0v) is 8.54. The van der Waals surface area contributed by atoms with Crippen LogP contribution in [0, 0.1) is 0 Å². The number of nitrogens with one attached hydrogen (secondary N) is 2. The lowest BCUT2D eigenvalue weighted by Gasteiger charge is -2.16. The second kappa shape index (κ2) is 3.54. The standard InChI is InChI=1S/C9H14N4O2/c1-15-6-7(11-5-12-8(6)14)13-9(4-10)2-3-9/h5H,2-4,10H2,1H3,(H2,11,12,13,14). The van der Waals surface area contributed by atoms with E-state index in [0.717, 1.165) is 12.8 Å². The smallest absolute Gasteiger partial charge is 0.295 e. The van der Waals surface area contributed by atoms with Crippen molar-refractivity contribution in [3.8, 4) is 5.75 Å². The third kappa shape index (κ3) is 1.80. The van der Waals surface area contributed by atoms with E-state index in [1.165, 1.54) is 13.4 Å². The molecule has 15 heavy (non-hydrogen) atoms. The lowest BCUT2D eigenvalue weighted by Crippen LogP contribution is -2.32. The molecular formula is C9H14N4O2. The summed E-state index contributed by atoms with van der Waals surface area (Å²) in [6.45, 7) is 0.532. The summed E-state index contributed by atoms with van der Waals surface area (Å²) in [5, 5.41) is 3.16. The molecule has 1 saturated carbocycles. The van der Waals surface area contributed by atoms with Crippen LogP contribution in [0.3, 0.4) is 0 Å². The summed E-state index contributed by atoms with van der Waals surface area (Å²) in [6.07, 6.45) is 3.35. The number of anilines is 1. The first-order chi connectivity index (χ1) is 7.21. The van der Waals surface area contributed by atoms with Crippen molar-refractivity contribution in [2.45, 2.75) is 18.4 Å². The van der Waals surface area contributed by atoms with E-state index in [-0.39, 0.29) is 16.8 Å². The monoisotopic (exact) mass is 210 g/mol. The number of nitrogens with two attached hydrogens (primary N) is 1. The molecule has 6 nitrogen and oxygen atoms in total. The maximum atomic E-state index is 11.4. The van der Waals surface area contributed by atoms with Gasteiger partial charge < -0.3 is 20.8 Å². The highest BCUT2D eigenvalue weighted by atomic mass is 16.5. The molecule has 0 atom stereocenters. The molecule has 0 unspecified atom stereocenters. The van der Waals surface area contributed by atoms with E-state index in [4.69, 9.17) is 10.5 Å². The van der Waals surface area contributed by atoms with Crippen LogP contribution in [0.2, 0.25) is 0 Å². The summed E-state index contributed by atoms with van der Waals surface area (Å²) in [5.41, 5.74) is 5.25. The van der Waals surface area contributed by atoms with E-state index in [0.29, 0.717) is 12.4 Å². The Morgan fingerprint density at radius 1 is 1.73 bits per heavy atom. The van der Waals surface area contributed by atoms with Crippen LogP contribution in [-0.2, 0) is 0 Å². The van der Waals surface area contributed by atoms with Gasteiger partial charge in [-0.15, -0.1) is 0 Å². The first-order valence-corrected chi connectivity index (χ1v) is 4.81. The molecule has 6 heteroatoms. The number of aromatic nitrogens is 2. The van der Waals surface area contributed by atoms with Gasteiger partial charge >= 0.3 is 0 Å². The maximum absolute atomic E-state index is 11.4. The zero-order chi connectivity index (χ0) is 10.9. The Bertz CT molecular complexity index is 411. The van der Waals surface area contributed by atoms with Crippen LogP contribution < -0.4 is 21.3 Å². The largest absolute Gasteiger partial charge is 0.489 e. The molecule has 1 aromatic rings. The van der Waals surface area contributed by atoms with Gasteiger partial charge in [-0.3, -0.25) is 4.79 Å². The summed E-state index contributed by atoms with van der Waals surface area (Å²) >= 11 is 0. The Hall–Kier alpha value is -1.56. The van der Waals surface area contributed by atoms with Gasteiger partial charge in [-0.05, 0) is 12.8 Å². The van der Waals surface area contributed by atoms with Crippen molar-refractivity contribution in [1.82, 2.24) is 9.97 Å². The third-order valence-electron chi connectivity index (χ3n) is 2.64. The van der Waals surface area contributed by atoms with Crippen molar-refractivity contribution >= 4 is 5.82 Å². The Labute approximate surface area is 86.9 Å². The molecule has 0 spiro atoms. The van der Waals surface area contributed by atoms with Crippen molar-refractivity contribution in [2.24, 2.45) is 5.73 Å². The Kier molecular flexibility index (Phi) is 2.36. The van der Waals surface area contributed by atoms with Gasteiger partial charge in [0, 0.05) is 6.54 Å². The number of H-pyrrole nitrogens is 1. The minimum atomic E-state index is -0.289. The fourth-order valence-corrected chi connectivity index (χ4v) is 1.45. The molecule has 1 heterocycles. The normalized spacial score (nSPS) is 17.2. The summed E-state index contributed by atoms with van der Waals surface area (Å²) in [4.78, 5) is 17.9. The minimum absolute atomic E-state index is 0.0892. The second-order valence-electron chi connectivity index (χ2n) is 3.72. The van der Waals surface area contributed by atoms with Crippen LogP contribution in [0.25, 0.3) is 0 Å². The van der Waals surface area contributed by atoms with Gasteiger partial charge in [-0.25, -0.2) is 4.98 Å². The topological polar surface area (TPSA) is 93.0 Å². The molecule has 0 aliphatic heterocycles. The van der Waals surface area contributed by atoms with Crippen LogP contribution in [0.5, 0.6) is 5.75 Å². The number of ether oxygens (including phenoxy) is 1. The molecule has 1 aromatic heterocycles. The molecule has 4 N–H and O–H groups in total. The lowest BCUT2D eigenvalue weighted by molar-refractivity contribution is 0.407. The van der Waals surface area contributed by atoms with Gasteiger partial charge in [-0.1, -0.05) is 0 Å². The highest BCUT2D eigenvalue weighted by Gasteiger charge is 2.42. The lowest BCUT2D eigenvalue weighted by atomic mass is 10.2. The van der Waals surface area contributed by atoms with Crippen LogP contribution in [0.15, 0.2) is 11.1 Å². The maximum Gasteiger partial charge on any atom is 0.295 e. The van der Waals surface area contributed by atoms with Crippen LogP contribution in [-0.4, -0.2) is 29.2 Å². The predicted octanol–water partition coefficient (Wildman–Crippen LogP) is -0.318. The molecule has 1 aliphatic carbocycles. The molecule has 0 amide bonds. The first-order valence-electron chi connectivity index (χ1n) is 4.81. The Morgan fingerprint density at radius 2 is 2.47 bits per heavy atom. The average molecular weight is 210 g/mol. The number of hydrogen-bond acceptors (Lipinski definition) is 5. The number of methoxy groups -OCH3 is 1. The molecule has 0 aromatic carbocycles. The quantitative estimate of drug-likeness (QED) is 0.633. The van der Waals surface area contributed by atoms with Gasteiger partial charge in [0.15, 0.2) is 5.82 Å². The number of rotatable bonds is 4. The minimum Gasteiger partial charge on any atom is -0.489 e. The number of nitrogens with zero attached hydrogens (tertiary/aromatic N) is 1. The van der Waals surface area contributed by atoms with Gasteiger partial charge in [0.25, 0.3) is 5.56 Å². The molecule has 2 rings (SSSR count). The van der Waals surface area contributed by atoms with Crippen LogP contribution in [0.1, 0.15) is 12.8 Å². The molecule has 0 bridgehead atoms. The molecule has 0 saturated heterocycles. The number of hydrogen-bond donors (Lipinski definition) is 3. The summed E-state index contributed by atoms with van der Waals surface area (Å²) in [5.74, 6) is 0.668. The Morgan fingerprint density at radius 3 is 3.00 bits per heavy atom. The van der Waals surface area contributed by atoms with Crippen molar-refractivity contribution in [3.05, 3.63) is 16.7 Å². The van der Waals surface area contributed by atoms with E-state index < -0.39 is 0 Å². The predicted molar refractivity (Wildman–Crippen MR) is 56.1 cm³/mol. The summed E-state index contributed by atoms with van der Waals surface area (Å²) < 4.78 is 4.98. The molecular weight excluding hydrogens is 196 g/mol. The van der Waals surface area contributed by atoms with Gasteiger partial charge in [0.2, 0.25) is 5.75 Å². The SMILES string of the molecule is COc1c(NC2(CN)CC2)nc[nH]c1=O. The summed E-state index contributed by atoms with van der Waals surface area (Å²) in [6, 6.07) is 0. The number of aromatic amines is 1.